The van der Waals surface area contributed by atoms with E-state index in [0.29, 0.717) is 0 Å². The summed E-state index contributed by atoms with van der Waals surface area (Å²) >= 11 is 7.26. The summed E-state index contributed by atoms with van der Waals surface area (Å²) in [5.41, 5.74) is 0. The second-order valence-electron chi connectivity index (χ2n) is 2.54. The molecule has 0 aliphatic carbocycles. The van der Waals surface area contributed by atoms with E-state index in [4.69, 9.17) is 0 Å². The van der Waals surface area contributed by atoms with E-state index in [1.54, 1.807) is 0 Å². The minimum absolute atomic E-state index is 0.778. The molecule has 0 saturated carbocycles. The molecule has 0 atom stereocenters. The van der Waals surface area contributed by atoms with Crippen LogP contribution in [0, 0.1) is 3.57 Å². The van der Waals surface area contributed by atoms with Crippen molar-refractivity contribution in [2.24, 2.45) is 0 Å². The summed E-state index contributed by atoms with van der Waals surface area (Å²) in [6, 6.07) is 5.98. The maximum atomic E-state index is 10.6. The van der Waals surface area contributed by atoms with Gasteiger partial charge in [-0.3, -0.25) is 4.79 Å². The first kappa shape index (κ1) is 9.61. The van der Waals surface area contributed by atoms with Crippen LogP contribution in [0.4, 0.5) is 0 Å². The minimum Gasteiger partial charge on any atom is -0.297 e. The number of fused-ring (bicyclic) bond motifs is 1. The molecule has 0 amide bonds. The number of hydrogen-bond acceptors (Lipinski definition) is 2. The molecule has 0 saturated heterocycles. The molecule has 1 nitrogen and oxygen atoms in total. The van der Waals surface area contributed by atoms with Crippen molar-refractivity contribution in [1.82, 2.24) is 0 Å². The molecular formula is C9H4BrIOS. The molecule has 1 heterocycles. The fraction of sp³-hybridized carbons (Fsp3) is 0. The second kappa shape index (κ2) is 3.67. The Bertz CT molecular complexity index is 439. The van der Waals surface area contributed by atoms with Crippen molar-refractivity contribution >= 4 is 66.2 Å². The summed E-state index contributed by atoms with van der Waals surface area (Å²) in [6.45, 7) is 0. The normalized spacial score (nSPS) is 10.6. The van der Waals surface area contributed by atoms with Crippen LogP contribution < -0.4 is 0 Å². The molecule has 2 aromatic rings. The highest BCUT2D eigenvalue weighted by molar-refractivity contribution is 14.1. The van der Waals surface area contributed by atoms with Crippen molar-refractivity contribution in [3.05, 3.63) is 31.1 Å². The third-order valence-electron chi connectivity index (χ3n) is 1.72. The number of carbonyl (C=O) groups excluding carboxylic acids is 1. The first-order chi connectivity index (χ1) is 6.22. The molecule has 13 heavy (non-hydrogen) atoms. The zero-order valence-corrected chi connectivity index (χ0v) is 10.9. The zero-order chi connectivity index (χ0) is 9.42. The lowest BCUT2D eigenvalue weighted by molar-refractivity contribution is 0.112. The molecule has 0 bridgehead atoms. The third-order valence-corrected chi connectivity index (χ3v) is 4.68. The number of thiophene rings is 1. The van der Waals surface area contributed by atoms with Gasteiger partial charge in [-0.05, 0) is 56.7 Å². The Kier molecular flexibility index (Phi) is 2.71. The van der Waals surface area contributed by atoms with Crippen molar-refractivity contribution in [3.8, 4) is 0 Å². The molecule has 0 spiro atoms. The Morgan fingerprint density at radius 2 is 2.23 bits per heavy atom. The number of aldehydes is 1. The fourth-order valence-corrected chi connectivity index (χ4v) is 3.42. The number of hydrogen-bond donors (Lipinski definition) is 0. The molecule has 4 heteroatoms. The summed E-state index contributed by atoms with van der Waals surface area (Å²) in [5, 5.41) is 1.15. The van der Waals surface area contributed by atoms with Crippen LogP contribution >= 0.6 is 49.9 Å². The average Bonchev–Trinajstić information content (AvgIpc) is 2.56. The monoisotopic (exact) mass is 366 g/mol. The molecule has 0 radical (unpaired) electrons. The summed E-state index contributed by atoms with van der Waals surface area (Å²) in [7, 11) is 0. The van der Waals surface area contributed by atoms with Gasteiger partial charge in [0.05, 0.1) is 9.58 Å². The number of benzene rings is 1. The Hall–Kier alpha value is 0.0600. The molecule has 0 unspecified atom stereocenters. The summed E-state index contributed by atoms with van der Waals surface area (Å²) < 4.78 is 3.38. The van der Waals surface area contributed by atoms with E-state index in [1.165, 1.54) is 14.9 Å². The first-order valence-corrected chi connectivity index (χ1v) is 6.24. The SMILES string of the molecule is O=Cc1cc2c(I)ccc(Br)c2s1. The lowest BCUT2D eigenvalue weighted by atomic mass is 10.2. The predicted molar refractivity (Wildman–Crippen MR) is 67.6 cm³/mol. The van der Waals surface area contributed by atoms with Crippen molar-refractivity contribution in [3.63, 3.8) is 0 Å². The van der Waals surface area contributed by atoms with Crippen molar-refractivity contribution in [2.45, 2.75) is 0 Å². The number of carbonyl (C=O) groups is 1. The highest BCUT2D eigenvalue weighted by Crippen LogP contribution is 2.34. The topological polar surface area (TPSA) is 17.1 Å². The largest absolute Gasteiger partial charge is 0.297 e. The lowest BCUT2D eigenvalue weighted by Gasteiger charge is -1.94. The van der Waals surface area contributed by atoms with Crippen LogP contribution in [0.15, 0.2) is 22.7 Å². The predicted octanol–water partition coefficient (Wildman–Crippen LogP) is 4.08. The standard InChI is InChI=1S/C9H4BrIOS/c10-7-1-2-8(11)6-3-5(4-12)13-9(6)7/h1-4H. The molecule has 2 rings (SSSR count). The minimum atomic E-state index is 0.778. The lowest BCUT2D eigenvalue weighted by Crippen LogP contribution is -1.71. The van der Waals surface area contributed by atoms with E-state index in [-0.39, 0.29) is 0 Å². The average molecular weight is 367 g/mol. The smallest absolute Gasteiger partial charge is 0.160 e. The maximum absolute atomic E-state index is 10.6. The van der Waals surface area contributed by atoms with Gasteiger partial charge >= 0.3 is 0 Å². The van der Waals surface area contributed by atoms with Crippen molar-refractivity contribution in [2.75, 3.05) is 0 Å². The molecule has 66 valence electrons. The van der Waals surface area contributed by atoms with Gasteiger partial charge in [0.15, 0.2) is 6.29 Å². The molecule has 0 fully saturated rings. The zero-order valence-electron chi connectivity index (χ0n) is 6.38. The van der Waals surface area contributed by atoms with E-state index in [1.807, 2.05) is 18.2 Å². The summed E-state index contributed by atoms with van der Waals surface area (Å²) in [6.07, 6.45) is 0.896. The maximum Gasteiger partial charge on any atom is 0.160 e. The van der Waals surface area contributed by atoms with Gasteiger partial charge in [-0.15, -0.1) is 11.3 Å². The van der Waals surface area contributed by atoms with Crippen molar-refractivity contribution in [1.29, 1.82) is 0 Å². The van der Waals surface area contributed by atoms with E-state index in [9.17, 15) is 4.79 Å². The van der Waals surface area contributed by atoms with E-state index in [2.05, 4.69) is 38.5 Å². The molecule has 1 aromatic carbocycles. The highest BCUT2D eigenvalue weighted by atomic mass is 127. The van der Waals surface area contributed by atoms with Gasteiger partial charge in [0.2, 0.25) is 0 Å². The first-order valence-electron chi connectivity index (χ1n) is 3.55. The molecular weight excluding hydrogens is 363 g/mol. The van der Waals surface area contributed by atoms with Gasteiger partial charge < -0.3 is 0 Å². The third kappa shape index (κ3) is 1.67. The van der Waals surface area contributed by atoms with E-state index < -0.39 is 0 Å². The van der Waals surface area contributed by atoms with Gasteiger partial charge in [-0.2, -0.15) is 0 Å². The van der Waals surface area contributed by atoms with Crippen LogP contribution in [-0.4, -0.2) is 6.29 Å². The highest BCUT2D eigenvalue weighted by Gasteiger charge is 2.06. The van der Waals surface area contributed by atoms with Crippen LogP contribution in [0.3, 0.4) is 0 Å². The van der Waals surface area contributed by atoms with Crippen LogP contribution in [-0.2, 0) is 0 Å². The number of rotatable bonds is 1. The van der Waals surface area contributed by atoms with E-state index in [0.717, 1.165) is 25.7 Å². The van der Waals surface area contributed by atoms with Crippen LogP contribution in [0.1, 0.15) is 9.67 Å². The van der Waals surface area contributed by atoms with Gasteiger partial charge in [-0.25, -0.2) is 0 Å². The molecule has 1 aromatic heterocycles. The fourth-order valence-electron chi connectivity index (χ4n) is 1.13. The second-order valence-corrected chi connectivity index (χ2v) is 5.64. The Balaban J connectivity index is 2.87. The van der Waals surface area contributed by atoms with Crippen LogP contribution in [0.5, 0.6) is 0 Å². The quantitative estimate of drug-likeness (QED) is 0.549. The summed E-state index contributed by atoms with van der Waals surface area (Å²) in [4.78, 5) is 11.4. The van der Waals surface area contributed by atoms with Gasteiger partial charge in [0, 0.05) is 13.4 Å². The molecule has 0 aliphatic heterocycles. The molecule has 0 N–H and O–H groups in total. The Labute approximate surface area is 101 Å². The van der Waals surface area contributed by atoms with Crippen LogP contribution in [0.25, 0.3) is 10.1 Å². The van der Waals surface area contributed by atoms with Gasteiger partial charge in [0.1, 0.15) is 0 Å². The van der Waals surface area contributed by atoms with Gasteiger partial charge in [-0.1, -0.05) is 0 Å². The Morgan fingerprint density at radius 3 is 2.85 bits per heavy atom. The van der Waals surface area contributed by atoms with Crippen molar-refractivity contribution < 1.29 is 4.79 Å². The van der Waals surface area contributed by atoms with Gasteiger partial charge in [0.25, 0.3) is 0 Å². The Morgan fingerprint density at radius 1 is 1.46 bits per heavy atom. The molecule has 0 aliphatic rings. The van der Waals surface area contributed by atoms with Crippen LogP contribution in [0.2, 0.25) is 0 Å². The van der Waals surface area contributed by atoms with E-state index >= 15 is 0 Å². The summed E-state index contributed by atoms with van der Waals surface area (Å²) in [5.74, 6) is 0. The number of halogens is 2.